The number of rotatable bonds is 9. The standard InChI is InChI=1S/C27H23N3O5S/c31-25(22-12-4-5-13-23(22)35-17-16-33-21-10-2-1-3-11-21)30-27(36)29-20-9-6-8-19(18-20)28-26(32)24-14-7-15-34-24/h1-15,18H,16-17H2,(H,28,32)(H2,29,30,31,36). The van der Waals surface area contributed by atoms with Gasteiger partial charge < -0.3 is 24.5 Å². The van der Waals surface area contributed by atoms with Crippen LogP contribution in [0.4, 0.5) is 11.4 Å². The lowest BCUT2D eigenvalue weighted by Gasteiger charge is -2.14. The number of nitrogens with one attached hydrogen (secondary N) is 3. The van der Waals surface area contributed by atoms with Gasteiger partial charge in [0, 0.05) is 11.4 Å². The van der Waals surface area contributed by atoms with Crippen LogP contribution in [0.25, 0.3) is 0 Å². The predicted molar refractivity (Wildman–Crippen MR) is 141 cm³/mol. The molecule has 0 saturated carbocycles. The van der Waals surface area contributed by atoms with Gasteiger partial charge in [0.25, 0.3) is 11.8 Å². The molecule has 1 aromatic heterocycles. The largest absolute Gasteiger partial charge is 0.490 e. The van der Waals surface area contributed by atoms with Gasteiger partial charge in [-0.3, -0.25) is 14.9 Å². The topological polar surface area (TPSA) is 102 Å². The van der Waals surface area contributed by atoms with Crippen LogP contribution in [0.15, 0.2) is 102 Å². The fraction of sp³-hybridized carbons (Fsp3) is 0.0741. The summed E-state index contributed by atoms with van der Waals surface area (Å²) in [7, 11) is 0. The van der Waals surface area contributed by atoms with Crippen LogP contribution in [-0.2, 0) is 0 Å². The summed E-state index contributed by atoms with van der Waals surface area (Å²) in [5.74, 6) is 0.557. The second-order valence-corrected chi connectivity index (χ2v) is 7.83. The van der Waals surface area contributed by atoms with Crippen molar-refractivity contribution in [3.8, 4) is 11.5 Å². The van der Waals surface area contributed by atoms with Gasteiger partial charge in [0.15, 0.2) is 10.9 Å². The monoisotopic (exact) mass is 501 g/mol. The quantitative estimate of drug-likeness (QED) is 0.216. The summed E-state index contributed by atoms with van der Waals surface area (Å²) in [6.45, 7) is 0.588. The Balaban J connectivity index is 1.30. The number of para-hydroxylation sites is 2. The smallest absolute Gasteiger partial charge is 0.291 e. The van der Waals surface area contributed by atoms with Crippen LogP contribution in [0.2, 0.25) is 0 Å². The van der Waals surface area contributed by atoms with Crippen molar-refractivity contribution in [2.45, 2.75) is 0 Å². The highest BCUT2D eigenvalue weighted by molar-refractivity contribution is 7.80. The molecule has 8 nitrogen and oxygen atoms in total. The van der Waals surface area contributed by atoms with Crippen molar-refractivity contribution >= 4 is 40.5 Å². The summed E-state index contributed by atoms with van der Waals surface area (Å²) in [4.78, 5) is 25.0. The third-order valence-electron chi connectivity index (χ3n) is 4.83. The minimum absolute atomic E-state index is 0.0942. The summed E-state index contributed by atoms with van der Waals surface area (Å²) < 4.78 is 16.5. The molecule has 0 bridgehead atoms. The second-order valence-electron chi connectivity index (χ2n) is 7.43. The minimum atomic E-state index is -0.422. The minimum Gasteiger partial charge on any atom is -0.490 e. The van der Waals surface area contributed by atoms with Gasteiger partial charge >= 0.3 is 0 Å². The highest BCUT2D eigenvalue weighted by Crippen LogP contribution is 2.19. The summed E-state index contributed by atoms with van der Waals surface area (Å²) in [5, 5.41) is 8.43. The Hall–Kier alpha value is -4.63. The zero-order valence-electron chi connectivity index (χ0n) is 19.1. The molecule has 0 aliphatic heterocycles. The maximum absolute atomic E-state index is 12.8. The molecular weight excluding hydrogens is 478 g/mol. The zero-order valence-corrected chi connectivity index (χ0v) is 19.9. The van der Waals surface area contributed by atoms with Gasteiger partial charge in [-0.1, -0.05) is 36.4 Å². The van der Waals surface area contributed by atoms with E-state index in [9.17, 15) is 9.59 Å². The lowest BCUT2D eigenvalue weighted by atomic mass is 10.2. The Kier molecular flexibility index (Phi) is 8.29. The number of anilines is 2. The average Bonchev–Trinajstić information content (AvgIpc) is 3.43. The first-order valence-corrected chi connectivity index (χ1v) is 11.5. The Bertz CT molecular complexity index is 1330. The van der Waals surface area contributed by atoms with E-state index in [0.29, 0.717) is 29.3 Å². The van der Waals surface area contributed by atoms with Gasteiger partial charge in [-0.25, -0.2) is 0 Å². The molecule has 0 radical (unpaired) electrons. The molecule has 0 fully saturated rings. The van der Waals surface area contributed by atoms with E-state index >= 15 is 0 Å². The van der Waals surface area contributed by atoms with E-state index < -0.39 is 5.91 Å². The lowest BCUT2D eigenvalue weighted by Crippen LogP contribution is -2.34. The van der Waals surface area contributed by atoms with Gasteiger partial charge in [-0.2, -0.15) is 0 Å². The molecule has 0 atom stereocenters. The van der Waals surface area contributed by atoms with Crippen molar-refractivity contribution in [2.24, 2.45) is 0 Å². The van der Waals surface area contributed by atoms with E-state index in [4.69, 9.17) is 26.1 Å². The molecule has 3 aromatic carbocycles. The van der Waals surface area contributed by atoms with E-state index in [1.54, 1.807) is 60.7 Å². The third kappa shape index (κ3) is 6.94. The number of amides is 2. The van der Waals surface area contributed by atoms with Crippen LogP contribution in [0, 0.1) is 0 Å². The molecule has 4 aromatic rings. The first-order chi connectivity index (χ1) is 17.6. The first kappa shape index (κ1) is 24.5. The molecule has 3 N–H and O–H groups in total. The van der Waals surface area contributed by atoms with E-state index in [1.807, 2.05) is 30.3 Å². The molecule has 9 heteroatoms. The summed E-state index contributed by atoms with van der Waals surface area (Å²) in [6.07, 6.45) is 1.43. The van der Waals surface area contributed by atoms with Crippen molar-refractivity contribution in [3.05, 3.63) is 109 Å². The van der Waals surface area contributed by atoms with E-state index in [0.717, 1.165) is 5.75 Å². The molecule has 0 aliphatic carbocycles. The highest BCUT2D eigenvalue weighted by atomic mass is 32.1. The highest BCUT2D eigenvalue weighted by Gasteiger charge is 2.14. The van der Waals surface area contributed by atoms with Gasteiger partial charge in [0.1, 0.15) is 24.7 Å². The van der Waals surface area contributed by atoms with Crippen LogP contribution in [0.3, 0.4) is 0 Å². The van der Waals surface area contributed by atoms with Gasteiger partial charge in [-0.05, 0) is 66.8 Å². The number of carbonyl (C=O) groups excluding carboxylic acids is 2. The molecule has 0 aliphatic rings. The van der Waals surface area contributed by atoms with E-state index in [1.165, 1.54) is 6.26 Å². The summed E-state index contributed by atoms with van der Waals surface area (Å²) in [6, 6.07) is 26.4. The van der Waals surface area contributed by atoms with Crippen LogP contribution >= 0.6 is 12.2 Å². The molecule has 1 heterocycles. The fourth-order valence-corrected chi connectivity index (χ4v) is 3.43. The first-order valence-electron chi connectivity index (χ1n) is 11.1. The van der Waals surface area contributed by atoms with Gasteiger partial charge in [0.2, 0.25) is 0 Å². The third-order valence-corrected chi connectivity index (χ3v) is 5.04. The zero-order chi connectivity index (χ0) is 25.2. The second kappa shape index (κ2) is 12.2. The SMILES string of the molecule is O=C(Nc1cccc(NC(=S)NC(=O)c2ccccc2OCCOc2ccccc2)c1)c1ccco1. The normalized spacial score (nSPS) is 10.2. The van der Waals surface area contributed by atoms with Crippen LogP contribution in [0.1, 0.15) is 20.9 Å². The molecular formula is C27H23N3O5S. The number of hydrogen-bond donors (Lipinski definition) is 3. The van der Waals surface area contributed by atoms with Crippen molar-refractivity contribution in [2.75, 3.05) is 23.8 Å². The van der Waals surface area contributed by atoms with Crippen LogP contribution < -0.4 is 25.4 Å². The number of carbonyl (C=O) groups is 2. The Morgan fingerprint density at radius 2 is 1.47 bits per heavy atom. The van der Waals surface area contributed by atoms with Crippen molar-refractivity contribution < 1.29 is 23.5 Å². The Morgan fingerprint density at radius 1 is 0.750 bits per heavy atom. The number of thiocarbonyl (C=S) groups is 1. The van der Waals surface area contributed by atoms with Crippen molar-refractivity contribution in [3.63, 3.8) is 0 Å². The van der Waals surface area contributed by atoms with Crippen LogP contribution in [0.5, 0.6) is 11.5 Å². The molecule has 182 valence electrons. The number of furan rings is 1. The maximum Gasteiger partial charge on any atom is 0.291 e. The molecule has 4 rings (SSSR count). The van der Waals surface area contributed by atoms with Crippen molar-refractivity contribution in [1.29, 1.82) is 0 Å². The molecule has 0 unspecified atom stereocenters. The molecule has 2 amide bonds. The number of benzene rings is 3. The molecule has 0 saturated heterocycles. The Labute approximate surface area is 213 Å². The van der Waals surface area contributed by atoms with Gasteiger partial charge in [-0.15, -0.1) is 0 Å². The van der Waals surface area contributed by atoms with E-state index in [2.05, 4.69) is 16.0 Å². The van der Waals surface area contributed by atoms with Crippen LogP contribution in [-0.4, -0.2) is 30.1 Å². The summed E-state index contributed by atoms with van der Waals surface area (Å²) >= 11 is 5.31. The average molecular weight is 502 g/mol. The Morgan fingerprint density at radius 3 is 2.25 bits per heavy atom. The van der Waals surface area contributed by atoms with E-state index in [-0.39, 0.29) is 23.4 Å². The molecule has 0 spiro atoms. The van der Waals surface area contributed by atoms with Crippen molar-refractivity contribution in [1.82, 2.24) is 5.32 Å². The molecule has 36 heavy (non-hydrogen) atoms. The van der Waals surface area contributed by atoms with Gasteiger partial charge in [0.05, 0.1) is 11.8 Å². The maximum atomic E-state index is 12.8. The lowest BCUT2D eigenvalue weighted by molar-refractivity contribution is 0.0970. The number of hydrogen-bond acceptors (Lipinski definition) is 6. The number of ether oxygens (including phenoxy) is 2. The predicted octanol–water partition coefficient (Wildman–Crippen LogP) is 5.12. The summed E-state index contributed by atoms with van der Waals surface area (Å²) in [5.41, 5.74) is 1.45. The fourth-order valence-electron chi connectivity index (χ4n) is 3.22.